The van der Waals surface area contributed by atoms with Crippen LogP contribution in [0.3, 0.4) is 0 Å². The van der Waals surface area contributed by atoms with Gasteiger partial charge in [-0.3, -0.25) is 4.90 Å². The molecule has 0 atom stereocenters. The van der Waals surface area contributed by atoms with Crippen molar-refractivity contribution in [2.24, 2.45) is 0 Å². The molecular formula is C16H24BrN2NaO2. The van der Waals surface area contributed by atoms with Crippen molar-refractivity contribution in [1.82, 2.24) is 4.90 Å². The number of nitrogen functional groups attached to an aromatic ring is 1. The van der Waals surface area contributed by atoms with Crippen LogP contribution < -0.4 is 35.3 Å². The fraction of sp³-hybridized carbons (Fsp3) is 0.562. The molecule has 1 aromatic carbocycles. The molecule has 2 rings (SSSR count). The number of hydrogen-bond donors (Lipinski definition) is 2. The Morgan fingerprint density at radius 3 is 2.59 bits per heavy atom. The minimum atomic E-state index is -0.919. The summed E-state index contributed by atoms with van der Waals surface area (Å²) in [6, 6.07) is 3.86. The van der Waals surface area contributed by atoms with Gasteiger partial charge in [0.25, 0.3) is 0 Å². The summed E-state index contributed by atoms with van der Waals surface area (Å²) in [5.74, 6) is -0.919. The van der Waals surface area contributed by atoms with E-state index in [0.717, 1.165) is 12.1 Å². The predicted octanol–water partition coefficient (Wildman–Crippen LogP) is 1.00. The van der Waals surface area contributed by atoms with Crippen LogP contribution in [0.4, 0.5) is 5.69 Å². The Morgan fingerprint density at radius 2 is 2.05 bits per heavy atom. The number of carboxylic acids is 1. The van der Waals surface area contributed by atoms with Crippen molar-refractivity contribution >= 4 is 27.6 Å². The molecule has 22 heavy (non-hydrogen) atoms. The van der Waals surface area contributed by atoms with Crippen molar-refractivity contribution in [2.75, 3.05) is 12.3 Å². The summed E-state index contributed by atoms with van der Waals surface area (Å²) in [5.41, 5.74) is 7.95. The van der Waals surface area contributed by atoms with Crippen LogP contribution in [0.5, 0.6) is 0 Å². The normalized spacial score (nSPS) is 15.6. The number of carbonyl (C=O) groups is 1. The van der Waals surface area contributed by atoms with Crippen LogP contribution in [0.15, 0.2) is 16.6 Å². The molecule has 1 saturated carbocycles. The number of carboxylic acid groups (broad SMARTS) is 1. The largest absolute Gasteiger partial charge is 1.00 e. The van der Waals surface area contributed by atoms with E-state index in [0.29, 0.717) is 22.7 Å². The van der Waals surface area contributed by atoms with Gasteiger partial charge in [-0.25, -0.2) is 4.79 Å². The standard InChI is InChI=1S/C16H23BrN2O2.Na.H/c1-2-19(13-6-4-3-5-7-13)10-12-8-11(16(20)21)9-14(17)15(12)18;;/h8-9,13H,2-7,10,18H2,1H3,(H,20,21);;/q;+1;-1. The van der Waals surface area contributed by atoms with Crippen molar-refractivity contribution in [3.63, 3.8) is 0 Å². The smallest absolute Gasteiger partial charge is 1.00 e. The van der Waals surface area contributed by atoms with Crippen LogP contribution in [0, 0.1) is 0 Å². The minimum absolute atomic E-state index is 0. The number of halogens is 1. The number of hydrogen-bond acceptors (Lipinski definition) is 3. The first-order valence-corrected chi connectivity index (χ1v) is 8.37. The average Bonchev–Trinajstić information content (AvgIpc) is 2.49. The summed E-state index contributed by atoms with van der Waals surface area (Å²) in [4.78, 5) is 13.6. The van der Waals surface area contributed by atoms with Gasteiger partial charge in [-0.2, -0.15) is 0 Å². The van der Waals surface area contributed by atoms with Gasteiger partial charge in [-0.1, -0.05) is 26.2 Å². The van der Waals surface area contributed by atoms with Gasteiger partial charge in [0, 0.05) is 17.1 Å². The summed E-state index contributed by atoms with van der Waals surface area (Å²) in [6.07, 6.45) is 6.36. The molecule has 0 heterocycles. The van der Waals surface area contributed by atoms with Gasteiger partial charge >= 0.3 is 35.5 Å². The second-order valence-corrected chi connectivity index (χ2v) is 6.55. The molecule has 0 aliphatic heterocycles. The van der Waals surface area contributed by atoms with E-state index in [4.69, 9.17) is 5.73 Å². The monoisotopic (exact) mass is 378 g/mol. The van der Waals surface area contributed by atoms with Gasteiger partial charge in [0.1, 0.15) is 0 Å². The Hall–Kier alpha value is -0.0700. The molecule has 1 aliphatic carbocycles. The number of aromatic carboxylic acids is 1. The SMILES string of the molecule is CCN(Cc1cc(C(=O)O)cc(Br)c1N)C1CCCCC1.[H-].[Na+]. The molecule has 0 amide bonds. The quantitative estimate of drug-likeness (QED) is 0.592. The van der Waals surface area contributed by atoms with Crippen LogP contribution in [-0.2, 0) is 6.54 Å². The second kappa shape index (κ2) is 9.28. The molecule has 1 aromatic rings. The van der Waals surface area contributed by atoms with Crippen LogP contribution in [-0.4, -0.2) is 28.6 Å². The fourth-order valence-corrected chi connectivity index (χ4v) is 3.59. The molecule has 3 N–H and O–H groups in total. The molecule has 0 aromatic heterocycles. The third-order valence-corrected chi connectivity index (χ3v) is 4.99. The Balaban J connectivity index is 0.00000242. The predicted molar refractivity (Wildman–Crippen MR) is 89.6 cm³/mol. The van der Waals surface area contributed by atoms with E-state index < -0.39 is 5.97 Å². The maximum Gasteiger partial charge on any atom is 1.00 e. The van der Waals surface area contributed by atoms with E-state index in [1.165, 1.54) is 32.1 Å². The van der Waals surface area contributed by atoms with Gasteiger partial charge in [-0.05, 0) is 53.0 Å². The minimum Gasteiger partial charge on any atom is -1.00 e. The Bertz CT molecular complexity index is 525. The number of rotatable bonds is 5. The summed E-state index contributed by atoms with van der Waals surface area (Å²) in [5, 5.41) is 9.19. The third-order valence-electron chi connectivity index (χ3n) is 4.33. The number of anilines is 1. The molecule has 0 saturated heterocycles. The Morgan fingerprint density at radius 1 is 1.41 bits per heavy atom. The van der Waals surface area contributed by atoms with E-state index in [1.54, 1.807) is 12.1 Å². The zero-order chi connectivity index (χ0) is 15.4. The maximum atomic E-state index is 11.2. The van der Waals surface area contributed by atoms with Crippen molar-refractivity contribution in [1.29, 1.82) is 0 Å². The van der Waals surface area contributed by atoms with Gasteiger partial charge in [-0.15, -0.1) is 0 Å². The zero-order valence-corrected chi connectivity index (χ0v) is 17.0. The van der Waals surface area contributed by atoms with Crippen LogP contribution in [0.2, 0.25) is 0 Å². The third kappa shape index (κ3) is 4.96. The second-order valence-electron chi connectivity index (χ2n) is 5.69. The Labute approximate surface area is 164 Å². The molecule has 1 fully saturated rings. The molecular weight excluding hydrogens is 355 g/mol. The summed E-state index contributed by atoms with van der Waals surface area (Å²) in [6.45, 7) is 3.83. The number of nitrogens with two attached hydrogens (primary N) is 1. The zero-order valence-electron chi connectivity index (χ0n) is 14.4. The van der Waals surface area contributed by atoms with Crippen LogP contribution >= 0.6 is 15.9 Å². The molecule has 0 spiro atoms. The van der Waals surface area contributed by atoms with Crippen molar-refractivity contribution in [2.45, 2.75) is 51.6 Å². The Kier molecular flexibility index (Phi) is 8.43. The topological polar surface area (TPSA) is 66.6 Å². The van der Waals surface area contributed by atoms with E-state index in [9.17, 15) is 9.90 Å². The first kappa shape index (κ1) is 20.0. The van der Waals surface area contributed by atoms with Gasteiger partial charge in [0.2, 0.25) is 0 Å². The van der Waals surface area contributed by atoms with Crippen molar-refractivity contribution in [3.05, 3.63) is 27.7 Å². The first-order valence-electron chi connectivity index (χ1n) is 7.58. The summed E-state index contributed by atoms with van der Waals surface area (Å²) >= 11 is 3.37. The molecule has 0 unspecified atom stereocenters. The van der Waals surface area contributed by atoms with Crippen molar-refractivity contribution in [3.8, 4) is 0 Å². The fourth-order valence-electron chi connectivity index (χ4n) is 3.09. The summed E-state index contributed by atoms with van der Waals surface area (Å²) < 4.78 is 0.664. The van der Waals surface area contributed by atoms with E-state index in [2.05, 4.69) is 27.8 Å². The molecule has 1 aliphatic rings. The summed E-state index contributed by atoms with van der Waals surface area (Å²) in [7, 11) is 0. The van der Waals surface area contributed by atoms with E-state index >= 15 is 0 Å². The van der Waals surface area contributed by atoms with E-state index in [-0.39, 0.29) is 36.5 Å². The van der Waals surface area contributed by atoms with E-state index in [1.807, 2.05) is 0 Å². The molecule has 0 radical (unpaired) electrons. The van der Waals surface area contributed by atoms with Gasteiger partial charge in [0.05, 0.1) is 11.3 Å². The molecule has 0 bridgehead atoms. The molecule has 4 nitrogen and oxygen atoms in total. The molecule has 6 heteroatoms. The van der Waals surface area contributed by atoms with Crippen LogP contribution in [0.1, 0.15) is 56.4 Å². The first-order chi connectivity index (χ1) is 10.0. The maximum absolute atomic E-state index is 11.2. The number of benzene rings is 1. The molecule has 118 valence electrons. The van der Waals surface area contributed by atoms with Gasteiger partial charge < -0.3 is 12.3 Å². The van der Waals surface area contributed by atoms with Crippen LogP contribution in [0.25, 0.3) is 0 Å². The van der Waals surface area contributed by atoms with Gasteiger partial charge in [0.15, 0.2) is 0 Å². The average molecular weight is 379 g/mol. The van der Waals surface area contributed by atoms with Crippen molar-refractivity contribution < 1.29 is 40.9 Å². The number of nitrogens with zero attached hydrogens (tertiary/aromatic N) is 1.